The summed E-state index contributed by atoms with van der Waals surface area (Å²) in [6, 6.07) is 76.5. The molecule has 13 rings (SSSR count). The number of benzene rings is 9. The molecule has 9 aromatic carbocycles. The minimum Gasteiger partial charge on any atom is -0.294 e. The minimum atomic E-state index is 0.909. The van der Waals surface area contributed by atoms with Gasteiger partial charge in [0.25, 0.3) is 0 Å². The molecule has 0 radical (unpaired) electrons. The molecule has 62 heavy (non-hydrogen) atoms. The number of rotatable bonds is 5. The van der Waals surface area contributed by atoms with Crippen LogP contribution < -0.4 is 0 Å². The molecule has 0 N–H and O–H groups in total. The lowest BCUT2D eigenvalue weighted by Gasteiger charge is -2.14. The Kier molecular flexibility index (Phi) is 7.78. The second kappa shape index (κ2) is 13.8. The average molecular weight is 806 g/mol. The predicted octanol–water partition coefficient (Wildman–Crippen LogP) is 16.1. The molecule has 0 unspecified atom stereocenters. The molecule has 0 aliphatic carbocycles. The van der Waals surface area contributed by atoms with Crippen LogP contribution in [0.1, 0.15) is 0 Å². The molecule has 0 aliphatic rings. The highest BCUT2D eigenvalue weighted by atomic mass is 32.1. The van der Waals surface area contributed by atoms with E-state index in [9.17, 15) is 0 Å². The van der Waals surface area contributed by atoms with Crippen molar-refractivity contribution < 1.29 is 0 Å². The summed E-state index contributed by atoms with van der Waals surface area (Å²) in [7, 11) is 0. The van der Waals surface area contributed by atoms with Gasteiger partial charge in [0.05, 0.1) is 28.1 Å². The van der Waals surface area contributed by atoms with E-state index >= 15 is 0 Å². The Balaban J connectivity index is 0.914. The Bertz CT molecular complexity index is 3860. The first-order valence-corrected chi connectivity index (χ1v) is 21.9. The molecule has 13 aromatic rings. The molecule has 3 nitrogen and oxygen atoms in total. The maximum absolute atomic E-state index is 5.37. The molecular formula is C58H35N3S. The lowest BCUT2D eigenvalue weighted by Crippen LogP contribution is -1.98. The number of fused-ring (bicyclic) bond motifs is 12. The van der Waals surface area contributed by atoms with Crippen molar-refractivity contribution in [2.75, 3.05) is 0 Å². The Labute approximate surface area is 361 Å². The predicted molar refractivity (Wildman–Crippen MR) is 264 cm³/mol. The van der Waals surface area contributed by atoms with Gasteiger partial charge < -0.3 is 0 Å². The second-order valence-corrected chi connectivity index (χ2v) is 17.1. The Morgan fingerprint density at radius 1 is 0.290 bits per heavy atom. The monoisotopic (exact) mass is 805 g/mol. The quantitative estimate of drug-likeness (QED) is 0.162. The molecular weight excluding hydrogens is 771 g/mol. The maximum Gasteiger partial charge on any atom is 0.138 e. The highest BCUT2D eigenvalue weighted by Crippen LogP contribution is 2.44. The first-order chi connectivity index (χ1) is 30.7. The van der Waals surface area contributed by atoms with Gasteiger partial charge in [0.2, 0.25) is 0 Å². The Morgan fingerprint density at radius 3 is 1.40 bits per heavy atom. The smallest absolute Gasteiger partial charge is 0.138 e. The lowest BCUT2D eigenvalue weighted by molar-refractivity contribution is 1.08. The van der Waals surface area contributed by atoms with Crippen molar-refractivity contribution in [3.05, 3.63) is 212 Å². The van der Waals surface area contributed by atoms with Gasteiger partial charge in [0, 0.05) is 47.6 Å². The number of hydrogen-bond donors (Lipinski definition) is 0. The minimum absolute atomic E-state index is 0.909. The zero-order valence-electron chi connectivity index (χ0n) is 33.5. The highest BCUT2D eigenvalue weighted by Gasteiger charge is 2.17. The van der Waals surface area contributed by atoms with Crippen LogP contribution in [0.2, 0.25) is 0 Å². The number of hydrogen-bond acceptors (Lipinski definition) is 3. The summed E-state index contributed by atoms with van der Waals surface area (Å²) in [5.74, 6) is 0.909. The molecule has 4 aromatic heterocycles. The standard InChI is InChI=1S/C58H35N3S/c1-2-14-36(15-3-1)39-20-10-21-46-47-22-11-23-48(58(47)62-57(39)46)53-26-12-24-51(59-53)37-30-32-42-43-33-31-38(35-50(43)41-17-5-4-16-40(41)49(42)34-37)52-25-13-29-56(60-52)61-54-27-8-6-18-44(54)45-19-7-9-28-55(45)61/h1-35H. The van der Waals surface area contributed by atoms with E-state index in [4.69, 9.17) is 9.97 Å². The van der Waals surface area contributed by atoms with E-state index in [0.29, 0.717) is 0 Å². The van der Waals surface area contributed by atoms with Crippen molar-refractivity contribution in [3.8, 4) is 50.7 Å². The second-order valence-electron chi connectivity index (χ2n) is 16.1. The van der Waals surface area contributed by atoms with E-state index in [-0.39, 0.29) is 0 Å². The SMILES string of the molecule is c1ccc(-c2cccc3c2sc2c(-c4cccc(-c5ccc6c7ccc(-c8cccc(-n9c%10ccccc%10c%10ccccc%109)n8)cc7c7ccccc7c6c5)n4)cccc23)cc1. The third-order valence-electron chi connectivity index (χ3n) is 12.6. The van der Waals surface area contributed by atoms with Crippen LogP contribution in [0.25, 0.3) is 125 Å². The largest absolute Gasteiger partial charge is 0.294 e. The van der Waals surface area contributed by atoms with Gasteiger partial charge in [-0.25, -0.2) is 9.97 Å². The fourth-order valence-corrected chi connectivity index (χ4v) is 11.1. The summed E-state index contributed by atoms with van der Waals surface area (Å²) in [6.45, 7) is 0. The normalized spacial score (nSPS) is 11.9. The van der Waals surface area contributed by atoms with E-state index in [2.05, 4.69) is 217 Å². The molecule has 0 bridgehead atoms. The van der Waals surface area contributed by atoms with Crippen molar-refractivity contribution in [2.45, 2.75) is 0 Å². The van der Waals surface area contributed by atoms with Crippen LogP contribution in [0.3, 0.4) is 0 Å². The summed E-state index contributed by atoms with van der Waals surface area (Å²) in [5, 5.41) is 12.3. The maximum atomic E-state index is 5.37. The van der Waals surface area contributed by atoms with Crippen LogP contribution in [-0.2, 0) is 0 Å². The number of aromatic nitrogens is 3. The molecule has 4 heterocycles. The number of nitrogens with zero attached hydrogens (tertiary/aromatic N) is 3. The van der Waals surface area contributed by atoms with Gasteiger partial charge in [-0.15, -0.1) is 11.3 Å². The van der Waals surface area contributed by atoms with Crippen molar-refractivity contribution in [1.82, 2.24) is 14.5 Å². The van der Waals surface area contributed by atoms with Crippen LogP contribution in [0, 0.1) is 0 Å². The van der Waals surface area contributed by atoms with E-state index in [0.717, 1.165) is 50.6 Å². The van der Waals surface area contributed by atoms with Crippen LogP contribution in [0.15, 0.2) is 212 Å². The summed E-state index contributed by atoms with van der Waals surface area (Å²) in [6.07, 6.45) is 0. The van der Waals surface area contributed by atoms with Gasteiger partial charge in [0.1, 0.15) is 5.82 Å². The summed E-state index contributed by atoms with van der Waals surface area (Å²) in [4.78, 5) is 10.7. The third kappa shape index (κ3) is 5.37. The fourth-order valence-electron chi connectivity index (χ4n) is 9.77. The van der Waals surface area contributed by atoms with Gasteiger partial charge in [-0.05, 0) is 92.0 Å². The van der Waals surface area contributed by atoms with Crippen molar-refractivity contribution in [1.29, 1.82) is 0 Å². The van der Waals surface area contributed by atoms with Gasteiger partial charge >= 0.3 is 0 Å². The van der Waals surface area contributed by atoms with Crippen LogP contribution >= 0.6 is 11.3 Å². The topological polar surface area (TPSA) is 30.7 Å². The molecule has 288 valence electrons. The van der Waals surface area contributed by atoms with Crippen LogP contribution in [0.4, 0.5) is 0 Å². The zero-order valence-corrected chi connectivity index (χ0v) is 34.3. The van der Waals surface area contributed by atoms with E-state index in [1.54, 1.807) is 0 Å². The van der Waals surface area contributed by atoms with Gasteiger partial charge in [-0.3, -0.25) is 4.57 Å². The molecule has 0 saturated heterocycles. The lowest BCUT2D eigenvalue weighted by atomic mass is 9.91. The number of pyridine rings is 2. The molecule has 0 fully saturated rings. The van der Waals surface area contributed by atoms with E-state index < -0.39 is 0 Å². The zero-order chi connectivity index (χ0) is 40.7. The molecule has 0 saturated carbocycles. The van der Waals surface area contributed by atoms with Crippen molar-refractivity contribution >= 4 is 85.6 Å². The molecule has 0 amide bonds. The van der Waals surface area contributed by atoms with Crippen LogP contribution in [0.5, 0.6) is 0 Å². The summed E-state index contributed by atoms with van der Waals surface area (Å²) < 4.78 is 4.86. The first-order valence-electron chi connectivity index (χ1n) is 21.1. The molecule has 0 atom stereocenters. The van der Waals surface area contributed by atoms with Crippen LogP contribution in [-0.4, -0.2) is 14.5 Å². The summed E-state index contributed by atoms with van der Waals surface area (Å²) >= 11 is 1.87. The molecule has 0 spiro atoms. The molecule has 4 heteroatoms. The van der Waals surface area contributed by atoms with Crippen molar-refractivity contribution in [2.24, 2.45) is 0 Å². The van der Waals surface area contributed by atoms with E-state index in [1.807, 2.05) is 11.3 Å². The first kappa shape index (κ1) is 34.9. The van der Waals surface area contributed by atoms with Gasteiger partial charge in [0.15, 0.2) is 0 Å². The number of para-hydroxylation sites is 2. The highest BCUT2D eigenvalue weighted by molar-refractivity contribution is 7.26. The number of thiophene rings is 1. The average Bonchev–Trinajstić information content (AvgIpc) is 3.90. The Morgan fingerprint density at radius 2 is 0.758 bits per heavy atom. The molecule has 0 aliphatic heterocycles. The van der Waals surface area contributed by atoms with Crippen molar-refractivity contribution in [3.63, 3.8) is 0 Å². The fraction of sp³-hybridized carbons (Fsp3) is 0. The van der Waals surface area contributed by atoms with E-state index in [1.165, 1.54) is 74.4 Å². The van der Waals surface area contributed by atoms with Gasteiger partial charge in [-0.1, -0.05) is 164 Å². The van der Waals surface area contributed by atoms with Gasteiger partial charge in [-0.2, -0.15) is 0 Å². The third-order valence-corrected chi connectivity index (χ3v) is 13.9. The summed E-state index contributed by atoms with van der Waals surface area (Å²) in [5.41, 5.74) is 11.0. The Hall–Kier alpha value is -7.92.